The van der Waals surface area contributed by atoms with Gasteiger partial charge in [-0.05, 0) is 0 Å². The zero-order valence-corrected chi connectivity index (χ0v) is 9.27. The van der Waals surface area contributed by atoms with Crippen LogP contribution in [0.3, 0.4) is 0 Å². The van der Waals surface area contributed by atoms with Crippen molar-refractivity contribution in [3.8, 4) is 0 Å². The van der Waals surface area contributed by atoms with E-state index in [9.17, 15) is 28.7 Å². The Balaban J connectivity index is -0.000000107. The molecule has 0 fully saturated rings. The smallest absolute Gasteiger partial charge is 0.790 e. The van der Waals surface area contributed by atoms with Crippen LogP contribution in [0.1, 0.15) is 0 Å². The Morgan fingerprint density at radius 2 is 0.917 bits per heavy atom. The Bertz CT molecular complexity index is 157. The fourth-order valence-corrected chi connectivity index (χ4v) is 1.10. The zero-order valence-electron chi connectivity index (χ0n) is 4.66. The maximum Gasteiger partial charge on any atom is 2.00 e. The minimum atomic E-state index is -5.68. The van der Waals surface area contributed by atoms with Crippen LogP contribution in [-0.2, 0) is 64.6 Å². The van der Waals surface area contributed by atoms with Crippen molar-refractivity contribution in [3.05, 3.63) is 0 Å². The SMILES string of the molecule is O=P([O-])([O-])OP(=O)([O-])[O-].[Cu+2].[Cu+2].[Cu+2]. The normalized spacial score (nSPS) is 10.3. The van der Waals surface area contributed by atoms with Gasteiger partial charge in [0.25, 0.3) is 0 Å². The summed E-state index contributed by atoms with van der Waals surface area (Å²) in [5, 5.41) is 0. The van der Waals surface area contributed by atoms with Gasteiger partial charge in [0.1, 0.15) is 0 Å². The third kappa shape index (κ3) is 22.6. The van der Waals surface area contributed by atoms with Crippen LogP contribution < -0.4 is 19.6 Å². The fourth-order valence-electron chi connectivity index (χ4n) is 0.122. The first-order valence-corrected chi connectivity index (χ1v) is 4.38. The standard InChI is InChI=1S/3Cu.H4O7P2/c;;;1-8(2,3)7-9(4,5)6/h;;;(H2,1,2,3)(H2,4,5,6)/q3*+2;/p-4. The van der Waals surface area contributed by atoms with E-state index in [1.807, 2.05) is 0 Å². The Hall–Kier alpha value is 1.82. The Morgan fingerprint density at radius 3 is 0.917 bits per heavy atom. The first kappa shape index (κ1) is 23.6. The summed E-state index contributed by atoms with van der Waals surface area (Å²) >= 11 is 0. The molecule has 0 amide bonds. The minimum Gasteiger partial charge on any atom is -0.790 e. The molecule has 0 aromatic rings. The molecule has 0 aromatic heterocycles. The summed E-state index contributed by atoms with van der Waals surface area (Å²) in [6, 6.07) is 0. The zero-order chi connectivity index (χ0) is 7.71. The molecule has 0 aliphatic carbocycles. The van der Waals surface area contributed by atoms with Crippen LogP contribution in [0.4, 0.5) is 0 Å². The van der Waals surface area contributed by atoms with Gasteiger partial charge in [-0.2, -0.15) is 0 Å². The van der Waals surface area contributed by atoms with Gasteiger partial charge in [0, 0.05) is 0 Å². The van der Waals surface area contributed by atoms with Gasteiger partial charge in [-0.25, -0.2) is 0 Å². The predicted molar refractivity (Wildman–Crippen MR) is 16.3 cm³/mol. The predicted octanol–water partition coefficient (Wildman–Crippen LogP) is -3.35. The van der Waals surface area contributed by atoms with Crippen LogP contribution in [0.25, 0.3) is 0 Å². The Kier molecular flexibility index (Phi) is 16.0. The molecule has 83 valence electrons. The van der Waals surface area contributed by atoms with Crippen LogP contribution in [0, 0.1) is 0 Å². The van der Waals surface area contributed by atoms with E-state index in [0.29, 0.717) is 0 Å². The fraction of sp³-hybridized carbons (Fsp3) is 0. The molecule has 0 aromatic carbocycles. The van der Waals surface area contributed by atoms with E-state index in [2.05, 4.69) is 4.31 Å². The molecule has 0 heterocycles. The molecule has 0 aliphatic heterocycles. The van der Waals surface area contributed by atoms with Gasteiger partial charge in [-0.3, -0.25) is 0 Å². The molecule has 0 spiro atoms. The third-order valence-electron chi connectivity index (χ3n) is 0.200. The number of rotatable bonds is 2. The van der Waals surface area contributed by atoms with E-state index in [4.69, 9.17) is 0 Å². The van der Waals surface area contributed by atoms with Gasteiger partial charge < -0.3 is 33.0 Å². The molecule has 0 atom stereocenters. The summed E-state index contributed by atoms with van der Waals surface area (Å²) in [5.41, 5.74) is 0. The molecular formula is Cu3O7P2+2. The van der Waals surface area contributed by atoms with E-state index < -0.39 is 15.6 Å². The molecule has 0 unspecified atom stereocenters. The summed E-state index contributed by atoms with van der Waals surface area (Å²) < 4.78 is 21.2. The average Bonchev–Trinajstić information content (AvgIpc) is 1.14. The molecule has 7 nitrogen and oxygen atoms in total. The van der Waals surface area contributed by atoms with Crippen LogP contribution in [0.5, 0.6) is 0 Å². The molecule has 12 heteroatoms. The van der Waals surface area contributed by atoms with Crippen molar-refractivity contribution < 1.29 is 84.2 Å². The molecule has 3 radical (unpaired) electrons. The maximum absolute atomic E-state index is 9.32. The maximum atomic E-state index is 9.32. The van der Waals surface area contributed by atoms with Crippen molar-refractivity contribution in [2.24, 2.45) is 0 Å². The second-order valence-electron chi connectivity index (χ2n) is 0.976. The summed E-state index contributed by atoms with van der Waals surface area (Å²) in [4.78, 5) is 37.3. The molecule has 0 saturated heterocycles. The van der Waals surface area contributed by atoms with Crippen molar-refractivity contribution in [2.75, 3.05) is 0 Å². The van der Waals surface area contributed by atoms with Gasteiger partial charge in [-0.15, -0.1) is 0 Å². The van der Waals surface area contributed by atoms with Gasteiger partial charge in [0.15, 0.2) is 0 Å². The number of hydrogen-bond acceptors (Lipinski definition) is 7. The number of phosphoric acid groups is 2. The second-order valence-corrected chi connectivity index (χ2v) is 3.42. The summed E-state index contributed by atoms with van der Waals surface area (Å²) in [6.07, 6.45) is 0. The quantitative estimate of drug-likeness (QED) is 0.369. The van der Waals surface area contributed by atoms with Crippen molar-refractivity contribution in [1.82, 2.24) is 0 Å². The Morgan fingerprint density at radius 1 is 0.750 bits per heavy atom. The molecule has 0 bridgehead atoms. The van der Waals surface area contributed by atoms with Crippen LogP contribution in [0.15, 0.2) is 0 Å². The van der Waals surface area contributed by atoms with Crippen LogP contribution in [0.2, 0.25) is 0 Å². The molecular weight excluding hydrogens is 365 g/mol. The van der Waals surface area contributed by atoms with E-state index in [1.165, 1.54) is 0 Å². The van der Waals surface area contributed by atoms with Gasteiger partial charge >= 0.3 is 51.2 Å². The Labute approximate surface area is 99.6 Å². The van der Waals surface area contributed by atoms with E-state index in [1.54, 1.807) is 0 Å². The van der Waals surface area contributed by atoms with Crippen LogP contribution in [-0.4, -0.2) is 0 Å². The monoisotopic (exact) mass is 363 g/mol. The van der Waals surface area contributed by atoms with E-state index in [-0.39, 0.29) is 51.2 Å². The van der Waals surface area contributed by atoms with Gasteiger partial charge in [-0.1, -0.05) is 0 Å². The first-order valence-electron chi connectivity index (χ1n) is 1.46. The van der Waals surface area contributed by atoms with Crippen molar-refractivity contribution in [1.29, 1.82) is 0 Å². The van der Waals surface area contributed by atoms with Crippen molar-refractivity contribution in [2.45, 2.75) is 0 Å². The van der Waals surface area contributed by atoms with Crippen LogP contribution >= 0.6 is 15.6 Å². The molecule has 0 saturated carbocycles. The topological polar surface area (TPSA) is 136 Å². The van der Waals surface area contributed by atoms with E-state index in [0.717, 1.165) is 0 Å². The van der Waals surface area contributed by atoms with Crippen molar-refractivity contribution in [3.63, 3.8) is 0 Å². The molecule has 0 aliphatic rings. The van der Waals surface area contributed by atoms with Gasteiger partial charge in [0.2, 0.25) is 0 Å². The third-order valence-corrected chi connectivity index (χ3v) is 1.80. The van der Waals surface area contributed by atoms with E-state index >= 15 is 0 Å². The number of hydrogen-bond donors (Lipinski definition) is 0. The molecule has 0 N–H and O–H groups in total. The second kappa shape index (κ2) is 8.15. The summed E-state index contributed by atoms with van der Waals surface area (Å²) in [6.45, 7) is 0. The van der Waals surface area contributed by atoms with Crippen molar-refractivity contribution >= 4 is 15.6 Å². The largest absolute Gasteiger partial charge is 2.00 e. The first-order chi connectivity index (χ1) is 3.71. The average molecular weight is 365 g/mol. The minimum absolute atomic E-state index is 0. The molecule has 12 heavy (non-hydrogen) atoms. The van der Waals surface area contributed by atoms with Gasteiger partial charge in [0.05, 0.1) is 15.6 Å². The molecule has 0 rings (SSSR count). The summed E-state index contributed by atoms with van der Waals surface area (Å²) in [5.74, 6) is 0. The summed E-state index contributed by atoms with van der Waals surface area (Å²) in [7, 11) is -11.4.